The normalized spacial score (nSPS) is 11.8. The van der Waals surface area contributed by atoms with Crippen LogP contribution in [-0.2, 0) is 17.6 Å². The topological polar surface area (TPSA) is 14.2 Å². The van der Waals surface area contributed by atoms with E-state index >= 15 is 0 Å². The SMILES string of the molecule is CCOCn1ccc(-c2ccc(Cl)cc2)c1C(F)(F)F. The van der Waals surface area contributed by atoms with Gasteiger partial charge in [0.2, 0.25) is 0 Å². The van der Waals surface area contributed by atoms with Gasteiger partial charge in [-0.05, 0) is 30.7 Å². The van der Waals surface area contributed by atoms with Gasteiger partial charge in [0.25, 0.3) is 0 Å². The molecule has 0 amide bonds. The molecule has 0 N–H and O–H groups in total. The number of nitrogens with zero attached hydrogens (tertiary/aromatic N) is 1. The number of alkyl halides is 3. The molecule has 0 aliphatic heterocycles. The van der Waals surface area contributed by atoms with Gasteiger partial charge in [-0.15, -0.1) is 0 Å². The molecule has 2 rings (SSSR count). The molecule has 0 aliphatic carbocycles. The molecule has 2 nitrogen and oxygen atoms in total. The second-order valence-corrected chi connectivity index (χ2v) is 4.61. The number of hydrogen-bond acceptors (Lipinski definition) is 1. The van der Waals surface area contributed by atoms with Crippen LogP contribution >= 0.6 is 11.6 Å². The minimum atomic E-state index is -4.45. The van der Waals surface area contributed by atoms with E-state index in [9.17, 15) is 13.2 Å². The molecule has 0 saturated carbocycles. The van der Waals surface area contributed by atoms with Crippen molar-refractivity contribution in [3.8, 4) is 11.1 Å². The number of ether oxygens (including phenoxy) is 1. The largest absolute Gasteiger partial charge is 0.432 e. The molecule has 0 atom stereocenters. The van der Waals surface area contributed by atoms with Gasteiger partial charge in [0.1, 0.15) is 12.4 Å². The summed E-state index contributed by atoms with van der Waals surface area (Å²) in [5.74, 6) is 0. The smallest absolute Gasteiger partial charge is 0.361 e. The third kappa shape index (κ3) is 3.16. The Balaban J connectivity index is 2.47. The van der Waals surface area contributed by atoms with E-state index in [1.807, 2.05) is 0 Å². The second-order valence-electron chi connectivity index (χ2n) is 4.17. The Morgan fingerprint density at radius 2 is 1.80 bits per heavy atom. The Morgan fingerprint density at radius 1 is 1.15 bits per heavy atom. The van der Waals surface area contributed by atoms with Crippen molar-refractivity contribution in [2.24, 2.45) is 0 Å². The van der Waals surface area contributed by atoms with E-state index in [0.717, 1.165) is 4.57 Å². The van der Waals surface area contributed by atoms with Crippen molar-refractivity contribution in [3.63, 3.8) is 0 Å². The molecule has 0 unspecified atom stereocenters. The van der Waals surface area contributed by atoms with E-state index in [2.05, 4.69) is 0 Å². The maximum atomic E-state index is 13.2. The molecular weight excluding hydrogens is 291 g/mol. The van der Waals surface area contributed by atoms with Crippen molar-refractivity contribution in [2.45, 2.75) is 19.8 Å². The van der Waals surface area contributed by atoms with Crippen LogP contribution in [0.3, 0.4) is 0 Å². The van der Waals surface area contributed by atoms with Gasteiger partial charge in [-0.1, -0.05) is 23.7 Å². The van der Waals surface area contributed by atoms with Crippen molar-refractivity contribution in [1.29, 1.82) is 0 Å². The van der Waals surface area contributed by atoms with E-state index in [-0.39, 0.29) is 12.3 Å². The lowest BCUT2D eigenvalue weighted by molar-refractivity contribution is -0.145. The fraction of sp³-hybridized carbons (Fsp3) is 0.286. The first-order valence-electron chi connectivity index (χ1n) is 6.03. The zero-order valence-electron chi connectivity index (χ0n) is 10.7. The van der Waals surface area contributed by atoms with E-state index < -0.39 is 11.9 Å². The van der Waals surface area contributed by atoms with E-state index in [1.54, 1.807) is 31.2 Å². The fourth-order valence-corrected chi connectivity index (χ4v) is 2.07. The molecule has 0 aliphatic rings. The predicted molar refractivity (Wildman–Crippen MR) is 71.5 cm³/mol. The van der Waals surface area contributed by atoms with Crippen molar-refractivity contribution in [2.75, 3.05) is 6.61 Å². The van der Waals surface area contributed by atoms with Crippen LogP contribution in [0, 0.1) is 0 Å². The van der Waals surface area contributed by atoms with Crippen molar-refractivity contribution < 1.29 is 17.9 Å². The molecule has 1 aromatic heterocycles. The standard InChI is InChI=1S/C14H13ClF3NO/c1-2-20-9-19-8-7-12(13(19)14(16,17)18)10-3-5-11(15)6-4-10/h3-8H,2,9H2,1H3. The molecule has 20 heavy (non-hydrogen) atoms. The lowest BCUT2D eigenvalue weighted by Crippen LogP contribution is -2.15. The molecule has 108 valence electrons. The first-order valence-corrected chi connectivity index (χ1v) is 6.41. The van der Waals surface area contributed by atoms with Gasteiger partial charge in [0.05, 0.1) is 0 Å². The summed E-state index contributed by atoms with van der Waals surface area (Å²) < 4.78 is 45.8. The predicted octanol–water partition coefficient (Wildman–Crippen LogP) is 4.82. The van der Waals surface area contributed by atoms with Crippen molar-refractivity contribution in [1.82, 2.24) is 4.57 Å². The van der Waals surface area contributed by atoms with Crippen LogP contribution in [0.15, 0.2) is 36.5 Å². The molecule has 0 spiro atoms. The maximum absolute atomic E-state index is 13.2. The number of benzene rings is 1. The molecule has 0 bridgehead atoms. The van der Waals surface area contributed by atoms with Crippen LogP contribution in [0.4, 0.5) is 13.2 Å². The summed E-state index contributed by atoms with van der Waals surface area (Å²) in [7, 11) is 0. The summed E-state index contributed by atoms with van der Waals surface area (Å²) in [6.45, 7) is 1.96. The number of halogens is 4. The van der Waals surface area contributed by atoms with Crippen LogP contribution in [-0.4, -0.2) is 11.2 Å². The number of aromatic nitrogens is 1. The molecule has 6 heteroatoms. The van der Waals surface area contributed by atoms with Gasteiger partial charge in [0, 0.05) is 23.4 Å². The molecular formula is C14H13ClF3NO. The molecule has 2 aromatic rings. The lowest BCUT2D eigenvalue weighted by atomic mass is 10.1. The van der Waals surface area contributed by atoms with Gasteiger partial charge < -0.3 is 9.30 Å². The first kappa shape index (κ1) is 14.9. The molecule has 0 radical (unpaired) electrons. The summed E-state index contributed by atoms with van der Waals surface area (Å²) >= 11 is 5.76. The van der Waals surface area contributed by atoms with Gasteiger partial charge in [-0.3, -0.25) is 0 Å². The summed E-state index contributed by atoms with van der Waals surface area (Å²) in [5.41, 5.74) is -0.126. The Hall–Kier alpha value is -1.46. The summed E-state index contributed by atoms with van der Waals surface area (Å²) in [4.78, 5) is 0. The second kappa shape index (κ2) is 5.89. The molecule has 0 fully saturated rings. The van der Waals surface area contributed by atoms with Gasteiger partial charge in [-0.2, -0.15) is 13.2 Å². The zero-order valence-corrected chi connectivity index (χ0v) is 11.5. The summed E-state index contributed by atoms with van der Waals surface area (Å²) in [6.07, 6.45) is -3.07. The van der Waals surface area contributed by atoms with Crippen LogP contribution < -0.4 is 0 Å². The van der Waals surface area contributed by atoms with Crippen molar-refractivity contribution in [3.05, 3.63) is 47.2 Å². The van der Waals surface area contributed by atoms with Crippen molar-refractivity contribution >= 4 is 11.6 Å². The average Bonchev–Trinajstić information content (AvgIpc) is 2.81. The Labute approximate surface area is 119 Å². The van der Waals surface area contributed by atoms with E-state index in [4.69, 9.17) is 16.3 Å². The highest BCUT2D eigenvalue weighted by atomic mass is 35.5. The Morgan fingerprint density at radius 3 is 2.35 bits per heavy atom. The van der Waals surface area contributed by atoms with Crippen LogP contribution in [0.1, 0.15) is 12.6 Å². The van der Waals surface area contributed by atoms with E-state index in [0.29, 0.717) is 17.2 Å². The average molecular weight is 304 g/mol. The van der Waals surface area contributed by atoms with Crippen LogP contribution in [0.2, 0.25) is 5.02 Å². The first-order chi connectivity index (χ1) is 9.43. The molecule has 1 heterocycles. The minimum absolute atomic E-state index is 0.119. The highest BCUT2D eigenvalue weighted by molar-refractivity contribution is 6.30. The Kier molecular flexibility index (Phi) is 4.40. The fourth-order valence-electron chi connectivity index (χ4n) is 1.95. The summed E-state index contributed by atoms with van der Waals surface area (Å²) in [6, 6.07) is 7.70. The third-order valence-electron chi connectivity index (χ3n) is 2.82. The van der Waals surface area contributed by atoms with Gasteiger partial charge in [-0.25, -0.2) is 0 Å². The maximum Gasteiger partial charge on any atom is 0.432 e. The quantitative estimate of drug-likeness (QED) is 0.789. The van der Waals surface area contributed by atoms with Gasteiger partial charge in [0.15, 0.2) is 0 Å². The van der Waals surface area contributed by atoms with Crippen LogP contribution in [0.25, 0.3) is 11.1 Å². The monoisotopic (exact) mass is 303 g/mol. The highest BCUT2D eigenvalue weighted by Gasteiger charge is 2.37. The van der Waals surface area contributed by atoms with Crippen LogP contribution in [0.5, 0.6) is 0 Å². The number of rotatable bonds is 4. The van der Waals surface area contributed by atoms with Gasteiger partial charge >= 0.3 is 6.18 Å². The third-order valence-corrected chi connectivity index (χ3v) is 3.07. The lowest BCUT2D eigenvalue weighted by Gasteiger charge is -2.14. The highest BCUT2D eigenvalue weighted by Crippen LogP contribution is 2.38. The molecule has 0 saturated heterocycles. The van der Waals surface area contributed by atoms with E-state index in [1.165, 1.54) is 12.3 Å². The zero-order chi connectivity index (χ0) is 14.8. The minimum Gasteiger partial charge on any atom is -0.361 e. The summed E-state index contributed by atoms with van der Waals surface area (Å²) in [5, 5.41) is 0.482. The Bertz CT molecular complexity index is 575. The number of hydrogen-bond donors (Lipinski definition) is 0. The molecule has 1 aromatic carbocycles.